The van der Waals surface area contributed by atoms with E-state index in [-0.39, 0.29) is 67.3 Å². The molecule has 0 aromatic carbocycles. The summed E-state index contributed by atoms with van der Waals surface area (Å²) in [4.78, 5) is 78.8. The Hall–Kier alpha value is -2.96. The van der Waals surface area contributed by atoms with E-state index in [0.29, 0.717) is 0 Å². The average Bonchev–Trinajstić information content (AvgIpc) is 3.63. The predicted molar refractivity (Wildman–Crippen MR) is 153 cm³/mol. The molecule has 1 aliphatic heterocycles. The van der Waals surface area contributed by atoms with Crippen LogP contribution in [0, 0.1) is 0 Å². The van der Waals surface area contributed by atoms with Crippen molar-refractivity contribution in [3.63, 3.8) is 0 Å². The molecule has 0 radical (unpaired) electrons. The molecule has 0 aliphatic carbocycles. The summed E-state index contributed by atoms with van der Waals surface area (Å²) in [6.45, 7) is -0.915. The van der Waals surface area contributed by atoms with E-state index >= 15 is 0 Å². The number of thiazole rings is 2. The summed E-state index contributed by atoms with van der Waals surface area (Å²) in [7, 11) is -3.20. The molecule has 1 fully saturated rings. The van der Waals surface area contributed by atoms with Gasteiger partial charge >= 0.3 is 35.5 Å². The molecule has 0 bridgehead atoms. The predicted octanol–water partition coefficient (Wildman–Crippen LogP) is -3.94. The van der Waals surface area contributed by atoms with Crippen LogP contribution in [0.25, 0.3) is 0 Å². The van der Waals surface area contributed by atoms with Gasteiger partial charge in [-0.3, -0.25) is 19.2 Å². The van der Waals surface area contributed by atoms with Gasteiger partial charge in [-0.2, -0.15) is 0 Å². The second-order valence-electron chi connectivity index (χ2n) is 7.89. The normalized spacial score (nSPS) is 16.6. The van der Waals surface area contributed by atoms with Gasteiger partial charge in [0.15, 0.2) is 26.3 Å². The topological polar surface area (TPSA) is 260 Å². The molecule has 2 atom stereocenters. The van der Waals surface area contributed by atoms with Crippen molar-refractivity contribution < 1.29 is 80.9 Å². The summed E-state index contributed by atoms with van der Waals surface area (Å²) in [6, 6.07) is -3.37. The first-order chi connectivity index (χ1) is 20.8. The minimum atomic E-state index is -5.41. The number of hydrogen-bond donors (Lipinski definition) is 3. The van der Waals surface area contributed by atoms with Crippen LogP contribution in [0.15, 0.2) is 21.1 Å². The summed E-state index contributed by atoms with van der Waals surface area (Å²) in [5, 5.41) is 16.8. The number of nitrogens with one attached hydrogen (secondary N) is 3. The zero-order valence-corrected chi connectivity index (χ0v) is 29.1. The fraction of sp³-hybridized carbons (Fsp3) is 0.350. The average molecular weight is 738 g/mol. The molecular weight excluding hydrogens is 718 g/mol. The maximum Gasteiger partial charge on any atom is 1.00 e. The number of rotatable bonds is 14. The minimum Gasteiger partial charge on any atom is -0.731 e. The number of anilines is 2. The van der Waals surface area contributed by atoms with Crippen molar-refractivity contribution in [1.82, 2.24) is 19.6 Å². The first-order valence-electron chi connectivity index (χ1n) is 11.5. The molecule has 3 rings (SSSR count). The van der Waals surface area contributed by atoms with Gasteiger partial charge in [-0.1, -0.05) is 10.3 Å². The van der Waals surface area contributed by atoms with Crippen molar-refractivity contribution in [2.45, 2.75) is 12.1 Å². The Morgan fingerprint density at radius 2 is 1.47 bits per heavy atom. The van der Waals surface area contributed by atoms with Crippen LogP contribution in [0.2, 0.25) is 0 Å². The van der Waals surface area contributed by atoms with Crippen LogP contribution in [0.5, 0.6) is 0 Å². The van der Waals surface area contributed by atoms with E-state index < -0.39 is 70.0 Å². The molecule has 45 heavy (non-hydrogen) atoms. The molecule has 0 unspecified atom stereocenters. The molecule has 238 valence electrons. The number of hydrogen-bond acceptors (Lipinski definition) is 17. The van der Waals surface area contributed by atoms with Crippen molar-refractivity contribution in [1.29, 1.82) is 0 Å². The molecule has 4 amide bonds. The summed E-state index contributed by atoms with van der Waals surface area (Å²) >= 11 is 12.7. The third-order valence-electron chi connectivity index (χ3n) is 5.08. The molecule has 19 nitrogen and oxygen atoms in total. The van der Waals surface area contributed by atoms with E-state index in [0.717, 1.165) is 36.9 Å². The van der Waals surface area contributed by atoms with E-state index in [4.69, 9.17) is 27.9 Å². The standard InChI is InChI=1S/C20H20Cl2N8O11S3.Na/c1-39-28-13(8-6-42-19(23-8)25-11(31)3-21)16(33)27-15-10(30(17(15)34)44(36,37)38)5-41-18(35)14(29-40-2)9-7-43-20(24-9)26-12(32)4-22;/h6-7,10,15H,3-5H2,1-2H3,(H,27,33)(H,23,25,31)(H,24,26,32)(H,36,37,38);/q;+1/p-1/b28-13+,29-14+;/t10-,15+;/m1./s1. The number of oxime groups is 2. The van der Waals surface area contributed by atoms with E-state index in [9.17, 15) is 36.9 Å². The summed E-state index contributed by atoms with van der Waals surface area (Å²) < 4.78 is 40.3. The number of aromatic nitrogens is 2. The largest absolute Gasteiger partial charge is 1.00 e. The maximum atomic E-state index is 13.0. The van der Waals surface area contributed by atoms with Gasteiger partial charge in [-0.05, 0) is 0 Å². The molecular formula is C20H19Cl2N8NaO11S3. The maximum absolute atomic E-state index is 13.0. The molecule has 3 N–H and O–H groups in total. The Labute approximate surface area is 293 Å². The van der Waals surface area contributed by atoms with Crippen LogP contribution in [0.1, 0.15) is 11.4 Å². The molecule has 25 heteroatoms. The Bertz CT molecular complexity index is 1620. The van der Waals surface area contributed by atoms with Crippen LogP contribution >= 0.6 is 45.9 Å². The van der Waals surface area contributed by atoms with Crippen LogP contribution in [0.3, 0.4) is 0 Å². The van der Waals surface area contributed by atoms with Gasteiger partial charge in [-0.15, -0.1) is 45.9 Å². The number of halogens is 2. The van der Waals surface area contributed by atoms with Gasteiger partial charge in [-0.25, -0.2) is 27.5 Å². The fourth-order valence-electron chi connectivity index (χ4n) is 3.32. The Morgan fingerprint density at radius 1 is 0.978 bits per heavy atom. The number of ether oxygens (including phenoxy) is 1. The molecule has 2 aromatic heterocycles. The number of esters is 1. The van der Waals surface area contributed by atoms with Gasteiger partial charge in [0.1, 0.15) is 56.1 Å². The molecule has 3 heterocycles. The Balaban J connectivity index is 0.00000705. The molecule has 2 aromatic rings. The van der Waals surface area contributed by atoms with Crippen molar-refractivity contribution in [3.05, 3.63) is 22.1 Å². The summed E-state index contributed by atoms with van der Waals surface area (Å²) in [5.74, 6) is -5.52. The number of carbonyl (C=O) groups is 5. The first kappa shape index (κ1) is 38.2. The molecule has 1 saturated heterocycles. The second-order valence-corrected chi connectivity index (χ2v) is 11.4. The molecule has 0 saturated carbocycles. The zero-order chi connectivity index (χ0) is 32.6. The number of carbonyl (C=O) groups excluding carboxylic acids is 5. The quantitative estimate of drug-likeness (QED) is 0.0319. The van der Waals surface area contributed by atoms with Crippen molar-refractivity contribution in [2.24, 2.45) is 10.3 Å². The van der Waals surface area contributed by atoms with Gasteiger partial charge in [0.25, 0.3) is 11.8 Å². The van der Waals surface area contributed by atoms with E-state index in [1.807, 2.05) is 0 Å². The monoisotopic (exact) mass is 736 g/mol. The van der Waals surface area contributed by atoms with Crippen molar-refractivity contribution >= 4 is 107 Å². The number of β-lactam (4-membered cyclic amide) rings is 1. The molecule has 0 spiro atoms. The van der Waals surface area contributed by atoms with Gasteiger partial charge in [0, 0.05) is 10.8 Å². The second kappa shape index (κ2) is 17.1. The summed E-state index contributed by atoms with van der Waals surface area (Å²) in [5.41, 5.74) is -1.22. The Morgan fingerprint density at radius 3 is 1.93 bits per heavy atom. The summed E-state index contributed by atoms with van der Waals surface area (Å²) in [6.07, 6.45) is 0. The van der Waals surface area contributed by atoms with Gasteiger partial charge < -0.3 is 34.9 Å². The van der Waals surface area contributed by atoms with Gasteiger partial charge in [0.2, 0.25) is 17.5 Å². The molecule has 1 aliphatic rings. The van der Waals surface area contributed by atoms with Gasteiger partial charge in [0.05, 0.1) is 0 Å². The SMILES string of the molecule is CO/N=C(/C(=O)N[C@@H]1C(=O)N(S(=O)(=O)[O-])[C@@H]1COC(=O)/C(=N/OC)c1csc(NC(=O)CCl)n1)c1csc(NC(=O)CCl)n1.[Na+]. The van der Waals surface area contributed by atoms with Crippen LogP contribution < -0.4 is 45.5 Å². The zero-order valence-electron chi connectivity index (χ0n) is 23.1. The number of nitrogens with zero attached hydrogens (tertiary/aromatic N) is 5. The third kappa shape index (κ3) is 9.76. The van der Waals surface area contributed by atoms with E-state index in [1.54, 1.807) is 0 Å². The van der Waals surface area contributed by atoms with E-state index in [2.05, 4.69) is 45.9 Å². The fourth-order valence-corrected chi connectivity index (χ4v) is 5.72. The third-order valence-corrected chi connectivity index (χ3v) is 8.02. The minimum absolute atomic E-state index is 0. The Kier molecular flexibility index (Phi) is 14.5. The number of amides is 4. The smallest absolute Gasteiger partial charge is 0.731 e. The first-order valence-corrected chi connectivity index (χ1v) is 15.7. The van der Waals surface area contributed by atoms with Crippen molar-refractivity contribution in [3.8, 4) is 0 Å². The van der Waals surface area contributed by atoms with Crippen LogP contribution in [0.4, 0.5) is 10.3 Å². The van der Waals surface area contributed by atoms with Crippen LogP contribution in [-0.4, -0.2) is 113 Å². The van der Waals surface area contributed by atoms with E-state index in [1.165, 1.54) is 10.8 Å². The number of alkyl halides is 2. The van der Waals surface area contributed by atoms with Crippen molar-refractivity contribution in [2.75, 3.05) is 43.2 Å². The van der Waals surface area contributed by atoms with Crippen LogP contribution in [-0.2, 0) is 48.7 Å².